The third kappa shape index (κ3) is 3.19. The number of amides is 1. The molecule has 0 fully saturated rings. The Bertz CT molecular complexity index is 731. The highest BCUT2D eigenvalue weighted by molar-refractivity contribution is 9.10. The van der Waals surface area contributed by atoms with Gasteiger partial charge in [-0.15, -0.1) is 0 Å². The van der Waals surface area contributed by atoms with Crippen LogP contribution in [-0.4, -0.2) is 15.9 Å². The molecule has 2 rings (SSSR count). The van der Waals surface area contributed by atoms with E-state index in [4.69, 9.17) is 0 Å². The third-order valence-electron chi connectivity index (χ3n) is 2.94. The van der Waals surface area contributed by atoms with Crippen LogP contribution in [0.3, 0.4) is 0 Å². The van der Waals surface area contributed by atoms with Crippen molar-refractivity contribution in [2.24, 2.45) is 0 Å². The van der Waals surface area contributed by atoms with Gasteiger partial charge in [0.2, 0.25) is 0 Å². The van der Waals surface area contributed by atoms with Crippen LogP contribution in [0.2, 0.25) is 0 Å². The normalized spacial score (nSPS) is 10.2. The molecule has 108 valence electrons. The quantitative estimate of drug-likeness (QED) is 0.652. The van der Waals surface area contributed by atoms with Crippen LogP contribution in [0, 0.1) is 17.0 Å². The number of aromatic hydroxyl groups is 1. The molecule has 0 aromatic heterocycles. The summed E-state index contributed by atoms with van der Waals surface area (Å²) in [6.45, 7) is 1.80. The van der Waals surface area contributed by atoms with E-state index < -0.39 is 10.8 Å². The van der Waals surface area contributed by atoms with Crippen molar-refractivity contribution < 1.29 is 14.8 Å². The van der Waals surface area contributed by atoms with Crippen LogP contribution in [0.5, 0.6) is 5.75 Å². The van der Waals surface area contributed by atoms with Gasteiger partial charge in [-0.3, -0.25) is 14.9 Å². The van der Waals surface area contributed by atoms with E-state index in [1.54, 1.807) is 19.1 Å². The molecule has 0 bridgehead atoms. The van der Waals surface area contributed by atoms with Gasteiger partial charge in [-0.1, -0.05) is 22.0 Å². The second kappa shape index (κ2) is 5.92. The fourth-order valence-electron chi connectivity index (χ4n) is 1.80. The molecule has 2 N–H and O–H groups in total. The fourth-order valence-corrected chi connectivity index (χ4v) is 2.16. The van der Waals surface area contributed by atoms with Gasteiger partial charge in [0.05, 0.1) is 4.92 Å². The first-order valence-electron chi connectivity index (χ1n) is 5.94. The summed E-state index contributed by atoms with van der Waals surface area (Å²) >= 11 is 3.34. The highest BCUT2D eigenvalue weighted by atomic mass is 79.9. The summed E-state index contributed by atoms with van der Waals surface area (Å²) in [6, 6.07) is 8.58. The van der Waals surface area contributed by atoms with E-state index in [-0.39, 0.29) is 17.0 Å². The lowest BCUT2D eigenvalue weighted by atomic mass is 10.1. The number of nitro groups is 1. The minimum atomic E-state index is -0.665. The van der Waals surface area contributed by atoms with Crippen LogP contribution in [0.25, 0.3) is 0 Å². The van der Waals surface area contributed by atoms with Crippen molar-refractivity contribution in [3.63, 3.8) is 0 Å². The van der Waals surface area contributed by atoms with Gasteiger partial charge in [0.25, 0.3) is 11.6 Å². The molecular weight excluding hydrogens is 340 g/mol. The number of benzene rings is 2. The summed E-state index contributed by atoms with van der Waals surface area (Å²) in [5.41, 5.74) is 0.776. The predicted molar refractivity (Wildman–Crippen MR) is 81.6 cm³/mol. The molecule has 0 spiro atoms. The van der Waals surface area contributed by atoms with Gasteiger partial charge in [0.1, 0.15) is 11.3 Å². The van der Waals surface area contributed by atoms with Crippen LogP contribution >= 0.6 is 15.9 Å². The Balaban J connectivity index is 2.39. The first-order chi connectivity index (χ1) is 9.90. The van der Waals surface area contributed by atoms with E-state index in [0.717, 1.165) is 22.2 Å². The lowest BCUT2D eigenvalue weighted by molar-refractivity contribution is -0.385. The number of carbonyl (C=O) groups is 1. The summed E-state index contributed by atoms with van der Waals surface area (Å²) in [5.74, 6) is -0.865. The summed E-state index contributed by atoms with van der Waals surface area (Å²) in [7, 11) is 0. The van der Waals surface area contributed by atoms with Crippen LogP contribution in [-0.2, 0) is 0 Å². The number of nitrogens with zero attached hydrogens (tertiary/aromatic N) is 1. The van der Waals surface area contributed by atoms with Gasteiger partial charge in [-0.05, 0) is 36.8 Å². The summed E-state index contributed by atoms with van der Waals surface area (Å²) in [6.07, 6.45) is 0. The van der Waals surface area contributed by atoms with E-state index in [0.29, 0.717) is 5.69 Å². The van der Waals surface area contributed by atoms with Crippen molar-refractivity contribution in [3.05, 3.63) is 62.1 Å². The third-order valence-corrected chi connectivity index (χ3v) is 3.80. The summed E-state index contributed by atoms with van der Waals surface area (Å²) in [5, 5.41) is 23.0. The van der Waals surface area contributed by atoms with E-state index in [1.165, 1.54) is 6.07 Å². The van der Waals surface area contributed by atoms with Gasteiger partial charge in [-0.25, -0.2) is 0 Å². The zero-order chi connectivity index (χ0) is 15.6. The van der Waals surface area contributed by atoms with E-state index >= 15 is 0 Å². The largest absolute Gasteiger partial charge is 0.508 e. The molecule has 2 aromatic carbocycles. The zero-order valence-corrected chi connectivity index (χ0v) is 12.5. The molecule has 0 radical (unpaired) electrons. The van der Waals surface area contributed by atoms with Gasteiger partial charge in [-0.2, -0.15) is 0 Å². The number of hydrogen-bond donors (Lipinski definition) is 2. The lowest BCUT2D eigenvalue weighted by Gasteiger charge is -2.10. The van der Waals surface area contributed by atoms with Gasteiger partial charge in [0, 0.05) is 16.2 Å². The Morgan fingerprint density at radius 1 is 1.33 bits per heavy atom. The first-order valence-corrected chi connectivity index (χ1v) is 6.73. The molecule has 7 heteroatoms. The fraction of sp³-hybridized carbons (Fsp3) is 0.0714. The molecule has 0 aliphatic carbocycles. The minimum absolute atomic E-state index is 0.195. The summed E-state index contributed by atoms with van der Waals surface area (Å²) < 4.78 is 0.811. The maximum atomic E-state index is 12.2. The zero-order valence-electron chi connectivity index (χ0n) is 11.0. The van der Waals surface area contributed by atoms with Crippen molar-refractivity contribution >= 4 is 33.2 Å². The second-order valence-corrected chi connectivity index (χ2v) is 5.18. The number of nitro benzene ring substituents is 1. The molecule has 0 heterocycles. The van der Waals surface area contributed by atoms with Crippen LogP contribution in [0.4, 0.5) is 11.4 Å². The molecule has 0 unspecified atom stereocenters. The standard InChI is InChI=1S/C14H11BrN2O4/c1-8-11(15)3-2-4-12(8)16-14(19)10-7-9(18)5-6-13(10)17(20)21/h2-7,18H,1H3,(H,16,19). The van der Waals surface area contributed by atoms with Crippen LogP contribution < -0.4 is 5.32 Å². The van der Waals surface area contributed by atoms with E-state index in [2.05, 4.69) is 21.2 Å². The first kappa shape index (κ1) is 15.0. The number of halogens is 1. The number of nitrogens with one attached hydrogen (secondary N) is 1. The molecule has 1 amide bonds. The van der Waals surface area contributed by atoms with Gasteiger partial charge in [0.15, 0.2) is 0 Å². The predicted octanol–water partition coefficient (Wildman–Crippen LogP) is 3.62. The Kier molecular flexibility index (Phi) is 4.23. The van der Waals surface area contributed by atoms with Crippen molar-refractivity contribution in [2.45, 2.75) is 6.92 Å². The van der Waals surface area contributed by atoms with Crippen LogP contribution in [0.1, 0.15) is 15.9 Å². The molecule has 0 saturated carbocycles. The molecular formula is C14H11BrN2O4. The maximum Gasteiger partial charge on any atom is 0.282 e. The number of hydrogen-bond acceptors (Lipinski definition) is 4. The van der Waals surface area contributed by atoms with E-state index in [9.17, 15) is 20.0 Å². The average Bonchev–Trinajstić information content (AvgIpc) is 2.43. The van der Waals surface area contributed by atoms with Crippen molar-refractivity contribution in [1.82, 2.24) is 0 Å². The molecule has 0 aliphatic heterocycles. The van der Waals surface area contributed by atoms with Crippen LogP contribution in [0.15, 0.2) is 40.9 Å². The molecule has 0 aliphatic rings. The van der Waals surface area contributed by atoms with Crippen molar-refractivity contribution in [3.8, 4) is 5.75 Å². The Morgan fingerprint density at radius 3 is 2.71 bits per heavy atom. The minimum Gasteiger partial charge on any atom is -0.508 e. The molecule has 0 saturated heterocycles. The Morgan fingerprint density at radius 2 is 2.05 bits per heavy atom. The molecule has 21 heavy (non-hydrogen) atoms. The number of phenols is 1. The van der Waals surface area contributed by atoms with Crippen molar-refractivity contribution in [2.75, 3.05) is 5.32 Å². The lowest BCUT2D eigenvalue weighted by Crippen LogP contribution is -2.14. The smallest absolute Gasteiger partial charge is 0.282 e. The van der Waals surface area contributed by atoms with Crippen molar-refractivity contribution in [1.29, 1.82) is 0 Å². The second-order valence-electron chi connectivity index (χ2n) is 4.33. The SMILES string of the molecule is Cc1c(Br)cccc1NC(=O)c1cc(O)ccc1[N+](=O)[O-]. The Labute approximate surface area is 128 Å². The maximum absolute atomic E-state index is 12.2. The molecule has 2 aromatic rings. The van der Waals surface area contributed by atoms with Gasteiger partial charge >= 0.3 is 0 Å². The summed E-state index contributed by atoms with van der Waals surface area (Å²) in [4.78, 5) is 22.5. The highest BCUT2D eigenvalue weighted by Gasteiger charge is 2.21. The van der Waals surface area contributed by atoms with E-state index in [1.807, 2.05) is 6.07 Å². The molecule has 6 nitrogen and oxygen atoms in total. The highest BCUT2D eigenvalue weighted by Crippen LogP contribution is 2.27. The van der Waals surface area contributed by atoms with Gasteiger partial charge < -0.3 is 10.4 Å². The Hall–Kier alpha value is -2.41. The average molecular weight is 351 g/mol. The topological polar surface area (TPSA) is 92.5 Å². The number of anilines is 1. The monoisotopic (exact) mass is 350 g/mol. The number of rotatable bonds is 3. The number of carbonyl (C=O) groups excluding carboxylic acids is 1. The number of phenolic OH excluding ortho intramolecular Hbond substituents is 1. The molecule has 0 atom stereocenters.